The number of phenols is 2. The van der Waals surface area contributed by atoms with Crippen molar-refractivity contribution in [3.05, 3.63) is 27.3 Å². The van der Waals surface area contributed by atoms with Crippen molar-refractivity contribution in [3.63, 3.8) is 0 Å². The van der Waals surface area contributed by atoms with Crippen molar-refractivity contribution in [1.29, 1.82) is 0 Å². The molecule has 0 bridgehead atoms. The summed E-state index contributed by atoms with van der Waals surface area (Å²) in [6.07, 6.45) is -5.28. The monoisotopic (exact) mass is 265 g/mol. The number of hydrogen-bond acceptors (Lipinski definition) is 5. The second-order valence-electron chi connectivity index (χ2n) is 3.35. The van der Waals surface area contributed by atoms with Gasteiger partial charge < -0.3 is 10.2 Å². The Kier molecular flexibility index (Phi) is 3.18. The van der Waals surface area contributed by atoms with Gasteiger partial charge in [-0.05, 0) is 6.92 Å². The number of Topliss-reactive ketones (excluding diaryl/α,β-unsaturated/α-hetero) is 1. The third-order valence-corrected chi connectivity index (χ3v) is 2.19. The lowest BCUT2D eigenvalue weighted by Crippen LogP contribution is -2.23. The van der Waals surface area contributed by atoms with Crippen molar-refractivity contribution in [3.8, 4) is 11.5 Å². The molecule has 1 rings (SSSR count). The van der Waals surface area contributed by atoms with Crippen molar-refractivity contribution in [2.45, 2.75) is 13.1 Å². The summed E-state index contributed by atoms with van der Waals surface area (Å²) in [4.78, 5) is 20.3. The van der Waals surface area contributed by atoms with Gasteiger partial charge in [0.2, 0.25) is 5.75 Å². The summed E-state index contributed by atoms with van der Waals surface area (Å²) >= 11 is 0. The molecule has 0 saturated carbocycles. The van der Waals surface area contributed by atoms with Crippen molar-refractivity contribution in [2.75, 3.05) is 0 Å². The lowest BCUT2D eigenvalue weighted by molar-refractivity contribution is -0.386. The number of ketones is 1. The zero-order chi connectivity index (χ0) is 14.2. The minimum absolute atomic E-state index is 0.188. The average Bonchev–Trinajstić information content (AvgIpc) is 2.23. The predicted octanol–water partition coefficient (Wildman–Crippen LogP) is 2.06. The molecule has 0 saturated heterocycles. The van der Waals surface area contributed by atoms with E-state index in [4.69, 9.17) is 0 Å². The molecular formula is C9H6F3NO5. The highest BCUT2D eigenvalue weighted by molar-refractivity contribution is 6.03. The summed E-state index contributed by atoms with van der Waals surface area (Å²) in [6, 6.07) is 0.188. The standard InChI is InChI=1S/C9H6F3NO5/c1-3-6(14)4(8(16)9(10,11)12)2-5(7(3)15)13(17)18/h2,14-15H,1H3. The average molecular weight is 265 g/mol. The van der Waals surface area contributed by atoms with Gasteiger partial charge in [0.25, 0.3) is 5.78 Å². The topological polar surface area (TPSA) is 101 Å². The Labute approximate surface area is 97.4 Å². The number of nitro benzene ring substituents is 1. The molecule has 6 nitrogen and oxygen atoms in total. The zero-order valence-electron chi connectivity index (χ0n) is 8.78. The van der Waals surface area contributed by atoms with Gasteiger partial charge in [-0.2, -0.15) is 13.2 Å². The lowest BCUT2D eigenvalue weighted by Gasteiger charge is -2.10. The lowest BCUT2D eigenvalue weighted by atomic mass is 10.0. The van der Waals surface area contributed by atoms with Gasteiger partial charge in [0, 0.05) is 11.6 Å². The minimum Gasteiger partial charge on any atom is -0.507 e. The van der Waals surface area contributed by atoms with Gasteiger partial charge in [-0.25, -0.2) is 0 Å². The van der Waals surface area contributed by atoms with E-state index in [9.17, 15) is 38.3 Å². The molecule has 18 heavy (non-hydrogen) atoms. The first-order valence-corrected chi connectivity index (χ1v) is 4.38. The van der Waals surface area contributed by atoms with Crippen LogP contribution in [0.25, 0.3) is 0 Å². The predicted molar refractivity (Wildman–Crippen MR) is 51.5 cm³/mol. The Balaban J connectivity index is 3.57. The number of benzene rings is 1. The normalized spacial score (nSPS) is 11.3. The van der Waals surface area contributed by atoms with Crippen LogP contribution in [0.5, 0.6) is 11.5 Å². The van der Waals surface area contributed by atoms with E-state index in [0.717, 1.165) is 6.92 Å². The van der Waals surface area contributed by atoms with Crippen LogP contribution in [0.1, 0.15) is 15.9 Å². The summed E-state index contributed by atoms with van der Waals surface area (Å²) in [5.74, 6) is -4.55. The van der Waals surface area contributed by atoms with E-state index in [1.165, 1.54) is 0 Å². The molecule has 0 aliphatic heterocycles. The first kappa shape index (κ1) is 13.7. The maximum Gasteiger partial charge on any atom is 0.455 e. The van der Waals surface area contributed by atoms with Crippen LogP contribution in [0.15, 0.2) is 6.07 Å². The van der Waals surface area contributed by atoms with Crippen molar-refractivity contribution >= 4 is 11.5 Å². The number of rotatable bonds is 2. The molecule has 98 valence electrons. The van der Waals surface area contributed by atoms with Gasteiger partial charge in [-0.1, -0.05) is 0 Å². The molecule has 2 N–H and O–H groups in total. The maximum absolute atomic E-state index is 12.2. The number of carbonyl (C=O) groups excluding carboxylic acids is 1. The van der Waals surface area contributed by atoms with Gasteiger partial charge in [-0.3, -0.25) is 14.9 Å². The van der Waals surface area contributed by atoms with Crippen LogP contribution < -0.4 is 0 Å². The highest BCUT2D eigenvalue weighted by Crippen LogP contribution is 2.40. The second-order valence-corrected chi connectivity index (χ2v) is 3.35. The Morgan fingerprint density at radius 3 is 2.22 bits per heavy atom. The molecule has 0 fully saturated rings. The van der Waals surface area contributed by atoms with E-state index in [1.54, 1.807) is 0 Å². The SMILES string of the molecule is Cc1c(O)c(C(=O)C(F)(F)F)cc([N+](=O)[O-])c1O. The molecule has 1 aromatic carbocycles. The smallest absolute Gasteiger partial charge is 0.455 e. The largest absolute Gasteiger partial charge is 0.507 e. The molecule has 0 atom stereocenters. The molecule has 0 aromatic heterocycles. The molecule has 0 aliphatic rings. The fourth-order valence-electron chi connectivity index (χ4n) is 1.24. The molecule has 1 aromatic rings. The van der Waals surface area contributed by atoms with Gasteiger partial charge in [-0.15, -0.1) is 0 Å². The molecular weight excluding hydrogens is 259 g/mol. The second kappa shape index (κ2) is 4.17. The van der Waals surface area contributed by atoms with E-state index in [-0.39, 0.29) is 6.07 Å². The molecule has 9 heteroatoms. The van der Waals surface area contributed by atoms with Crippen LogP contribution in [0.4, 0.5) is 18.9 Å². The van der Waals surface area contributed by atoms with Gasteiger partial charge in [0.1, 0.15) is 5.75 Å². The third kappa shape index (κ3) is 2.19. The summed E-state index contributed by atoms with van der Waals surface area (Å²) in [5.41, 5.74) is -2.93. The Morgan fingerprint density at radius 2 is 1.83 bits per heavy atom. The molecule has 0 aliphatic carbocycles. The van der Waals surface area contributed by atoms with E-state index in [1.807, 2.05) is 0 Å². The summed E-state index contributed by atoms with van der Waals surface area (Å²) in [6.45, 7) is 0.949. The van der Waals surface area contributed by atoms with E-state index in [2.05, 4.69) is 0 Å². The van der Waals surface area contributed by atoms with Crippen LogP contribution in [-0.2, 0) is 0 Å². The fourth-order valence-corrected chi connectivity index (χ4v) is 1.24. The summed E-state index contributed by atoms with van der Waals surface area (Å²) in [5, 5.41) is 29.1. The molecule has 0 amide bonds. The minimum atomic E-state index is -5.28. The van der Waals surface area contributed by atoms with Gasteiger partial charge in [0.05, 0.1) is 10.5 Å². The first-order valence-electron chi connectivity index (χ1n) is 4.38. The Bertz CT molecular complexity index is 538. The van der Waals surface area contributed by atoms with Crippen molar-refractivity contribution < 1.29 is 33.1 Å². The van der Waals surface area contributed by atoms with Gasteiger partial charge >= 0.3 is 11.9 Å². The highest BCUT2D eigenvalue weighted by Gasteiger charge is 2.42. The Hall–Kier alpha value is -2.32. The quantitative estimate of drug-likeness (QED) is 0.484. The Morgan fingerprint density at radius 1 is 1.33 bits per heavy atom. The maximum atomic E-state index is 12.2. The highest BCUT2D eigenvalue weighted by atomic mass is 19.4. The van der Waals surface area contributed by atoms with Crippen LogP contribution in [0.2, 0.25) is 0 Å². The number of aromatic hydroxyl groups is 2. The number of nitrogens with zero attached hydrogens (tertiary/aromatic N) is 1. The van der Waals surface area contributed by atoms with E-state index in [0.29, 0.717) is 0 Å². The zero-order valence-corrected chi connectivity index (χ0v) is 8.78. The van der Waals surface area contributed by atoms with Crippen LogP contribution in [0.3, 0.4) is 0 Å². The summed E-state index contributed by atoms with van der Waals surface area (Å²) < 4.78 is 36.6. The number of halogens is 3. The number of nitro groups is 1. The van der Waals surface area contributed by atoms with Crippen molar-refractivity contribution in [1.82, 2.24) is 0 Å². The molecule has 0 unspecified atom stereocenters. The van der Waals surface area contributed by atoms with Gasteiger partial charge in [0.15, 0.2) is 0 Å². The van der Waals surface area contributed by atoms with Crippen LogP contribution in [0, 0.1) is 17.0 Å². The van der Waals surface area contributed by atoms with Crippen LogP contribution >= 0.6 is 0 Å². The number of carbonyl (C=O) groups is 1. The summed E-state index contributed by atoms with van der Waals surface area (Å²) in [7, 11) is 0. The number of hydrogen-bond donors (Lipinski definition) is 2. The number of alkyl halides is 3. The fraction of sp³-hybridized carbons (Fsp3) is 0.222. The van der Waals surface area contributed by atoms with E-state index < -0.39 is 45.2 Å². The molecule has 0 radical (unpaired) electrons. The van der Waals surface area contributed by atoms with Crippen LogP contribution in [-0.4, -0.2) is 27.1 Å². The van der Waals surface area contributed by atoms with E-state index >= 15 is 0 Å². The molecule has 0 spiro atoms. The van der Waals surface area contributed by atoms with Crippen molar-refractivity contribution in [2.24, 2.45) is 0 Å². The third-order valence-electron chi connectivity index (χ3n) is 2.19. The first-order chi connectivity index (χ1) is 8.07. The number of phenolic OH excluding ortho intramolecular Hbond substituents is 2. The molecule has 0 heterocycles.